The summed E-state index contributed by atoms with van der Waals surface area (Å²) in [6.45, 7) is 3.28. The van der Waals surface area contributed by atoms with Crippen LogP contribution in [0, 0.1) is 6.92 Å². The maximum absolute atomic E-state index is 11.5. The van der Waals surface area contributed by atoms with Crippen LogP contribution in [0.15, 0.2) is 18.2 Å². The summed E-state index contributed by atoms with van der Waals surface area (Å²) in [5, 5.41) is 9.45. The Morgan fingerprint density at radius 1 is 1.47 bits per heavy atom. The molecule has 1 N–H and O–H groups in total. The normalized spacial score (nSPS) is 24.2. The van der Waals surface area contributed by atoms with Crippen LogP contribution in [-0.2, 0) is 14.9 Å². The summed E-state index contributed by atoms with van der Waals surface area (Å²) in [7, 11) is 0. The molecular weight excluding hydrogens is 244 g/mol. The van der Waals surface area contributed by atoms with Crippen LogP contribution < -0.4 is 4.74 Å². The summed E-state index contributed by atoms with van der Waals surface area (Å²) in [5.74, 6) is -0.0355. The van der Waals surface area contributed by atoms with Gasteiger partial charge in [0.15, 0.2) is 0 Å². The molecule has 0 spiro atoms. The average molecular weight is 262 g/mol. The fourth-order valence-electron chi connectivity index (χ4n) is 2.63. The van der Waals surface area contributed by atoms with Crippen LogP contribution >= 0.6 is 0 Å². The average Bonchev–Trinajstić information content (AvgIpc) is 3.04. The summed E-state index contributed by atoms with van der Waals surface area (Å²) < 4.78 is 11.2. The lowest BCUT2D eigenvalue weighted by atomic mass is 9.93. The van der Waals surface area contributed by atoms with Gasteiger partial charge in [0.2, 0.25) is 0 Å². The van der Waals surface area contributed by atoms with Gasteiger partial charge in [0.05, 0.1) is 18.6 Å². The van der Waals surface area contributed by atoms with Crippen molar-refractivity contribution in [2.45, 2.75) is 37.7 Å². The molecule has 0 radical (unpaired) electrons. The van der Waals surface area contributed by atoms with Gasteiger partial charge >= 0.3 is 5.97 Å². The van der Waals surface area contributed by atoms with Crippen molar-refractivity contribution in [2.24, 2.45) is 0 Å². The zero-order chi connectivity index (χ0) is 13.5. The van der Waals surface area contributed by atoms with Gasteiger partial charge < -0.3 is 14.6 Å². The Kier molecular flexibility index (Phi) is 2.97. The zero-order valence-corrected chi connectivity index (χ0v) is 11.0. The van der Waals surface area contributed by atoms with Gasteiger partial charge in [-0.15, -0.1) is 0 Å². The topological polar surface area (TPSA) is 55.8 Å². The minimum atomic E-state index is -0.745. The molecule has 0 aromatic heterocycles. The van der Waals surface area contributed by atoms with Crippen molar-refractivity contribution >= 4 is 5.97 Å². The standard InChI is InChI=1S/C15H18O4/c1-10-2-3-13(19-11-4-7-18-9-11)12(8-10)15(5-6-15)14(16)17/h2-3,8,11H,4-7,9H2,1H3,(H,16,17). The summed E-state index contributed by atoms with van der Waals surface area (Å²) in [4.78, 5) is 11.5. The summed E-state index contributed by atoms with van der Waals surface area (Å²) in [6, 6.07) is 5.81. The van der Waals surface area contributed by atoms with E-state index in [1.165, 1.54) is 0 Å². The van der Waals surface area contributed by atoms with Crippen LogP contribution in [0.2, 0.25) is 0 Å². The Labute approximate surface area is 112 Å². The number of benzene rings is 1. The van der Waals surface area contributed by atoms with Gasteiger partial charge in [-0.05, 0) is 25.8 Å². The number of carboxylic acids is 1. The van der Waals surface area contributed by atoms with Crippen molar-refractivity contribution < 1.29 is 19.4 Å². The number of hydrogen-bond donors (Lipinski definition) is 1. The van der Waals surface area contributed by atoms with Gasteiger partial charge in [-0.2, -0.15) is 0 Å². The largest absolute Gasteiger partial charge is 0.488 e. The van der Waals surface area contributed by atoms with Crippen molar-refractivity contribution in [3.05, 3.63) is 29.3 Å². The Morgan fingerprint density at radius 3 is 2.84 bits per heavy atom. The second-order valence-electron chi connectivity index (χ2n) is 5.49. The third kappa shape index (κ3) is 2.21. The van der Waals surface area contributed by atoms with E-state index >= 15 is 0 Å². The Bertz CT molecular complexity index is 499. The maximum Gasteiger partial charge on any atom is 0.314 e. The van der Waals surface area contributed by atoms with Crippen molar-refractivity contribution in [3.63, 3.8) is 0 Å². The first-order chi connectivity index (χ1) is 9.12. The fraction of sp³-hybridized carbons (Fsp3) is 0.533. The molecule has 19 heavy (non-hydrogen) atoms. The van der Waals surface area contributed by atoms with Gasteiger partial charge in [-0.3, -0.25) is 4.79 Å². The Morgan fingerprint density at radius 2 is 2.26 bits per heavy atom. The molecule has 1 atom stereocenters. The highest BCUT2D eigenvalue weighted by Gasteiger charge is 2.53. The zero-order valence-electron chi connectivity index (χ0n) is 11.0. The number of aryl methyl sites for hydroxylation is 1. The number of carboxylic acid groups (broad SMARTS) is 1. The highest BCUT2D eigenvalue weighted by molar-refractivity contribution is 5.86. The molecule has 1 heterocycles. The van der Waals surface area contributed by atoms with Crippen molar-refractivity contribution in [1.82, 2.24) is 0 Å². The van der Waals surface area contributed by atoms with Crippen molar-refractivity contribution in [3.8, 4) is 5.75 Å². The van der Waals surface area contributed by atoms with Crippen molar-refractivity contribution in [1.29, 1.82) is 0 Å². The molecular formula is C15H18O4. The first-order valence-electron chi connectivity index (χ1n) is 6.71. The summed E-state index contributed by atoms with van der Waals surface area (Å²) in [6.07, 6.45) is 2.31. The van der Waals surface area contributed by atoms with Crippen LogP contribution in [0.4, 0.5) is 0 Å². The van der Waals surface area contributed by atoms with Crippen LogP contribution in [0.1, 0.15) is 30.4 Å². The molecule has 1 aromatic rings. The predicted molar refractivity (Wildman–Crippen MR) is 69.6 cm³/mol. The fourth-order valence-corrected chi connectivity index (χ4v) is 2.63. The lowest BCUT2D eigenvalue weighted by Crippen LogP contribution is -2.23. The maximum atomic E-state index is 11.5. The third-order valence-electron chi connectivity index (χ3n) is 3.99. The van der Waals surface area contributed by atoms with Gasteiger partial charge in [-0.1, -0.05) is 17.7 Å². The van der Waals surface area contributed by atoms with Gasteiger partial charge in [0.25, 0.3) is 0 Å². The van der Waals surface area contributed by atoms with Crippen molar-refractivity contribution in [2.75, 3.05) is 13.2 Å². The minimum absolute atomic E-state index is 0.0473. The van der Waals surface area contributed by atoms with E-state index in [-0.39, 0.29) is 6.10 Å². The lowest BCUT2D eigenvalue weighted by molar-refractivity contribution is -0.140. The molecule has 1 saturated heterocycles. The third-order valence-corrected chi connectivity index (χ3v) is 3.99. The number of rotatable bonds is 4. The monoisotopic (exact) mass is 262 g/mol. The summed E-state index contributed by atoms with van der Waals surface area (Å²) >= 11 is 0. The second kappa shape index (κ2) is 4.53. The van der Waals surface area contributed by atoms with E-state index in [4.69, 9.17) is 9.47 Å². The molecule has 0 amide bonds. The van der Waals surface area contributed by atoms with Crippen LogP contribution in [0.25, 0.3) is 0 Å². The van der Waals surface area contributed by atoms with E-state index in [1.54, 1.807) is 0 Å². The molecule has 3 rings (SSSR count). The number of aliphatic carboxylic acids is 1. The van der Waals surface area contributed by atoms with E-state index in [0.717, 1.165) is 24.2 Å². The highest BCUT2D eigenvalue weighted by atomic mass is 16.5. The molecule has 1 aliphatic carbocycles. The van der Waals surface area contributed by atoms with Gasteiger partial charge in [0.1, 0.15) is 11.9 Å². The first kappa shape index (κ1) is 12.5. The van der Waals surface area contributed by atoms with E-state index in [2.05, 4.69) is 0 Å². The van der Waals surface area contributed by atoms with E-state index in [1.807, 2.05) is 25.1 Å². The van der Waals surface area contributed by atoms with Gasteiger partial charge in [0, 0.05) is 12.0 Å². The smallest absolute Gasteiger partial charge is 0.314 e. The van der Waals surface area contributed by atoms with Gasteiger partial charge in [-0.25, -0.2) is 0 Å². The molecule has 2 aliphatic rings. The molecule has 102 valence electrons. The molecule has 4 nitrogen and oxygen atoms in total. The summed E-state index contributed by atoms with van der Waals surface area (Å²) in [5.41, 5.74) is 1.17. The SMILES string of the molecule is Cc1ccc(OC2CCOC2)c(C2(C(=O)O)CC2)c1. The molecule has 1 saturated carbocycles. The molecule has 2 fully saturated rings. The highest BCUT2D eigenvalue weighted by Crippen LogP contribution is 2.52. The Balaban J connectivity index is 1.93. The number of carbonyl (C=O) groups is 1. The molecule has 1 unspecified atom stereocenters. The van der Waals surface area contributed by atoms with E-state index in [9.17, 15) is 9.90 Å². The molecule has 1 aliphatic heterocycles. The predicted octanol–water partition coefficient (Wildman–Crippen LogP) is 2.28. The van der Waals surface area contributed by atoms with Crippen LogP contribution in [0.3, 0.4) is 0 Å². The Hall–Kier alpha value is -1.55. The lowest BCUT2D eigenvalue weighted by Gasteiger charge is -2.19. The first-order valence-corrected chi connectivity index (χ1v) is 6.71. The number of ether oxygens (including phenoxy) is 2. The van der Waals surface area contributed by atoms with E-state index < -0.39 is 11.4 Å². The molecule has 4 heteroatoms. The van der Waals surface area contributed by atoms with E-state index in [0.29, 0.717) is 25.2 Å². The quantitative estimate of drug-likeness (QED) is 0.904. The molecule has 0 bridgehead atoms. The minimum Gasteiger partial charge on any atom is -0.488 e. The number of hydrogen-bond acceptors (Lipinski definition) is 3. The second-order valence-corrected chi connectivity index (χ2v) is 5.49. The van der Waals surface area contributed by atoms with Crippen LogP contribution in [-0.4, -0.2) is 30.4 Å². The van der Waals surface area contributed by atoms with Crippen LogP contribution in [0.5, 0.6) is 5.75 Å². The molecule has 1 aromatic carbocycles.